The summed E-state index contributed by atoms with van der Waals surface area (Å²) in [7, 11) is 0. The molecule has 0 radical (unpaired) electrons. The zero-order valence-electron chi connectivity index (χ0n) is 10.8. The summed E-state index contributed by atoms with van der Waals surface area (Å²) in [6.07, 6.45) is 8.29. The molecule has 0 saturated heterocycles. The van der Waals surface area contributed by atoms with Crippen molar-refractivity contribution < 1.29 is 0 Å². The Balaban J connectivity index is 1.92. The van der Waals surface area contributed by atoms with Crippen LogP contribution in [0.5, 0.6) is 0 Å². The number of aromatic amines is 1. The van der Waals surface area contributed by atoms with Gasteiger partial charge in [0.15, 0.2) is 0 Å². The number of nitrogens with one attached hydrogen (secondary N) is 2. The normalized spacial score (nSPS) is 11.5. The minimum absolute atomic E-state index is 0.169. The van der Waals surface area contributed by atoms with Crippen molar-refractivity contribution in [1.29, 1.82) is 0 Å². The quantitative estimate of drug-likeness (QED) is 0.753. The van der Waals surface area contributed by atoms with Gasteiger partial charge in [-0.1, -0.05) is 0 Å². The van der Waals surface area contributed by atoms with Crippen molar-refractivity contribution in [1.82, 2.24) is 15.0 Å². The highest BCUT2D eigenvalue weighted by molar-refractivity contribution is 5.60. The first-order valence-electron chi connectivity index (χ1n) is 6.02. The lowest BCUT2D eigenvalue weighted by Crippen LogP contribution is -2.34. The van der Waals surface area contributed by atoms with Gasteiger partial charge in [-0.05, 0) is 26.3 Å². The van der Waals surface area contributed by atoms with Crippen molar-refractivity contribution in [2.24, 2.45) is 5.73 Å². The number of hydrogen-bond acceptors (Lipinski definition) is 4. The van der Waals surface area contributed by atoms with E-state index in [4.69, 9.17) is 5.73 Å². The Bertz CT molecular complexity index is 467. The topological polar surface area (TPSA) is 79.6 Å². The van der Waals surface area contributed by atoms with Crippen LogP contribution in [0.2, 0.25) is 0 Å². The van der Waals surface area contributed by atoms with E-state index < -0.39 is 0 Å². The van der Waals surface area contributed by atoms with Crippen LogP contribution in [-0.2, 0) is 0 Å². The third-order valence-electron chi connectivity index (χ3n) is 2.64. The van der Waals surface area contributed by atoms with E-state index in [-0.39, 0.29) is 5.54 Å². The first kappa shape index (κ1) is 12.6. The standard InChI is InChI=1S/C13H19N5/c1-13(2,14)4-6-16-12-17-8-11(9-18-12)10-3-5-15-7-10/h3,5,7-9,15H,4,6,14H2,1-2H3,(H,16,17,18). The third kappa shape index (κ3) is 3.56. The SMILES string of the molecule is CC(C)(N)CCNc1ncc(-c2cc[nH]c2)cn1. The maximum atomic E-state index is 5.90. The second kappa shape index (κ2) is 5.18. The average Bonchev–Trinajstić information content (AvgIpc) is 2.82. The zero-order chi connectivity index (χ0) is 13.0. The van der Waals surface area contributed by atoms with Gasteiger partial charge in [0.25, 0.3) is 0 Å². The van der Waals surface area contributed by atoms with Gasteiger partial charge in [-0.3, -0.25) is 0 Å². The van der Waals surface area contributed by atoms with E-state index >= 15 is 0 Å². The maximum Gasteiger partial charge on any atom is 0.222 e. The van der Waals surface area contributed by atoms with Gasteiger partial charge in [0, 0.05) is 48.0 Å². The van der Waals surface area contributed by atoms with Crippen molar-refractivity contribution in [3.8, 4) is 11.1 Å². The summed E-state index contributed by atoms with van der Waals surface area (Å²) in [5.74, 6) is 0.638. The predicted octanol–water partition coefficient (Wildman–Crippen LogP) is 2.01. The van der Waals surface area contributed by atoms with E-state index in [1.54, 1.807) is 0 Å². The highest BCUT2D eigenvalue weighted by Gasteiger charge is 2.09. The fourth-order valence-electron chi connectivity index (χ4n) is 1.57. The molecule has 0 spiro atoms. The fraction of sp³-hybridized carbons (Fsp3) is 0.385. The molecule has 0 aliphatic heterocycles. The third-order valence-corrected chi connectivity index (χ3v) is 2.64. The first-order chi connectivity index (χ1) is 8.54. The average molecular weight is 245 g/mol. The molecule has 0 aliphatic rings. The summed E-state index contributed by atoms with van der Waals surface area (Å²) >= 11 is 0. The van der Waals surface area contributed by atoms with Crippen LogP contribution in [0.25, 0.3) is 11.1 Å². The van der Waals surface area contributed by atoms with Gasteiger partial charge in [0.05, 0.1) is 0 Å². The Morgan fingerprint density at radius 2 is 2.00 bits per heavy atom. The first-order valence-corrected chi connectivity index (χ1v) is 6.02. The summed E-state index contributed by atoms with van der Waals surface area (Å²) in [5, 5.41) is 3.16. The van der Waals surface area contributed by atoms with E-state index in [0.717, 1.165) is 24.1 Å². The van der Waals surface area contributed by atoms with Gasteiger partial charge in [0.1, 0.15) is 0 Å². The van der Waals surface area contributed by atoms with Gasteiger partial charge in [-0.2, -0.15) is 0 Å². The van der Waals surface area contributed by atoms with E-state index in [1.807, 2.05) is 44.7 Å². The summed E-state index contributed by atoms with van der Waals surface area (Å²) in [6.45, 7) is 4.78. The van der Waals surface area contributed by atoms with Crippen LogP contribution >= 0.6 is 0 Å². The molecule has 0 aliphatic carbocycles. The summed E-state index contributed by atoms with van der Waals surface area (Å²) in [6, 6.07) is 1.99. The number of nitrogens with zero attached hydrogens (tertiary/aromatic N) is 2. The Labute approximate surface area is 107 Å². The van der Waals surface area contributed by atoms with E-state index in [9.17, 15) is 0 Å². The van der Waals surface area contributed by atoms with Gasteiger partial charge in [0.2, 0.25) is 5.95 Å². The second-order valence-corrected chi connectivity index (χ2v) is 5.06. The summed E-state index contributed by atoms with van der Waals surface area (Å²) in [5.41, 5.74) is 7.82. The molecule has 0 saturated carbocycles. The molecule has 0 fully saturated rings. The molecule has 0 bridgehead atoms. The van der Waals surface area contributed by atoms with Crippen LogP contribution in [0, 0.1) is 0 Å². The molecule has 2 rings (SSSR count). The Kier molecular flexibility index (Phi) is 3.62. The lowest BCUT2D eigenvalue weighted by atomic mass is 10.0. The Morgan fingerprint density at radius 3 is 2.56 bits per heavy atom. The Hall–Kier alpha value is -1.88. The molecule has 18 heavy (non-hydrogen) atoms. The predicted molar refractivity (Wildman–Crippen MR) is 73.2 cm³/mol. The van der Waals surface area contributed by atoms with Crippen LogP contribution in [0.3, 0.4) is 0 Å². The van der Waals surface area contributed by atoms with Gasteiger partial charge in [-0.25, -0.2) is 9.97 Å². The number of nitrogens with two attached hydrogens (primary N) is 1. The molecule has 2 heterocycles. The summed E-state index contributed by atoms with van der Waals surface area (Å²) < 4.78 is 0. The minimum atomic E-state index is -0.169. The van der Waals surface area contributed by atoms with E-state index in [1.165, 1.54) is 0 Å². The van der Waals surface area contributed by atoms with Crippen molar-refractivity contribution in [2.45, 2.75) is 25.8 Å². The molecule has 96 valence electrons. The highest BCUT2D eigenvalue weighted by atomic mass is 15.1. The lowest BCUT2D eigenvalue weighted by molar-refractivity contribution is 0.490. The molecule has 0 aromatic carbocycles. The molecular weight excluding hydrogens is 226 g/mol. The van der Waals surface area contributed by atoms with Crippen LogP contribution < -0.4 is 11.1 Å². The summed E-state index contributed by atoms with van der Waals surface area (Å²) in [4.78, 5) is 11.6. The largest absolute Gasteiger partial charge is 0.367 e. The monoisotopic (exact) mass is 245 g/mol. The van der Waals surface area contributed by atoms with Gasteiger partial charge in [-0.15, -0.1) is 0 Å². The van der Waals surface area contributed by atoms with Crippen LogP contribution in [-0.4, -0.2) is 27.0 Å². The minimum Gasteiger partial charge on any atom is -0.367 e. The molecule has 2 aromatic heterocycles. The fourth-order valence-corrected chi connectivity index (χ4v) is 1.57. The van der Waals surface area contributed by atoms with E-state index in [0.29, 0.717) is 5.95 Å². The molecule has 2 aromatic rings. The molecule has 0 amide bonds. The van der Waals surface area contributed by atoms with Gasteiger partial charge >= 0.3 is 0 Å². The van der Waals surface area contributed by atoms with Crippen LogP contribution in [0.4, 0.5) is 5.95 Å². The molecular formula is C13H19N5. The van der Waals surface area contributed by atoms with Crippen LogP contribution in [0.1, 0.15) is 20.3 Å². The van der Waals surface area contributed by atoms with Crippen molar-refractivity contribution in [2.75, 3.05) is 11.9 Å². The molecule has 5 heteroatoms. The number of rotatable bonds is 5. The number of aromatic nitrogens is 3. The number of anilines is 1. The maximum absolute atomic E-state index is 5.90. The molecule has 0 unspecified atom stereocenters. The van der Waals surface area contributed by atoms with Crippen molar-refractivity contribution >= 4 is 5.95 Å². The molecule has 4 N–H and O–H groups in total. The molecule has 0 atom stereocenters. The number of hydrogen-bond donors (Lipinski definition) is 3. The highest BCUT2D eigenvalue weighted by Crippen LogP contribution is 2.16. The van der Waals surface area contributed by atoms with Crippen molar-refractivity contribution in [3.05, 3.63) is 30.9 Å². The zero-order valence-corrected chi connectivity index (χ0v) is 10.8. The smallest absolute Gasteiger partial charge is 0.222 e. The van der Waals surface area contributed by atoms with Crippen LogP contribution in [0.15, 0.2) is 30.9 Å². The van der Waals surface area contributed by atoms with Crippen molar-refractivity contribution in [3.63, 3.8) is 0 Å². The molecule has 5 nitrogen and oxygen atoms in total. The lowest BCUT2D eigenvalue weighted by Gasteiger charge is -2.18. The Morgan fingerprint density at radius 1 is 1.28 bits per heavy atom. The second-order valence-electron chi connectivity index (χ2n) is 5.06. The van der Waals surface area contributed by atoms with Gasteiger partial charge < -0.3 is 16.0 Å². The number of H-pyrrole nitrogens is 1. The van der Waals surface area contributed by atoms with E-state index in [2.05, 4.69) is 20.3 Å².